The first-order valence-corrected chi connectivity index (χ1v) is 5.92. The van der Waals surface area contributed by atoms with Gasteiger partial charge in [-0.15, -0.1) is 0 Å². The van der Waals surface area contributed by atoms with Crippen molar-refractivity contribution in [1.29, 1.82) is 0 Å². The predicted molar refractivity (Wildman–Crippen MR) is 67.0 cm³/mol. The summed E-state index contributed by atoms with van der Waals surface area (Å²) in [6.07, 6.45) is 0. The van der Waals surface area contributed by atoms with Gasteiger partial charge in [0.25, 0.3) is 0 Å². The Bertz CT molecular complexity index is 395. The highest BCUT2D eigenvalue weighted by molar-refractivity contribution is 5.75. The number of carbonyl (C=O) groups is 1. The smallest absolute Gasteiger partial charge is 0.311 e. The summed E-state index contributed by atoms with van der Waals surface area (Å²) >= 11 is 0. The second kappa shape index (κ2) is 7.09. The summed E-state index contributed by atoms with van der Waals surface area (Å²) in [5, 5.41) is 0. The molecule has 0 saturated heterocycles. The van der Waals surface area contributed by atoms with Crippen LogP contribution >= 0.6 is 0 Å². The van der Waals surface area contributed by atoms with Gasteiger partial charge in [-0.05, 0) is 39.0 Å². The molecule has 0 heterocycles. The Labute approximate surface area is 107 Å². The summed E-state index contributed by atoms with van der Waals surface area (Å²) < 4.78 is 30.8. The van der Waals surface area contributed by atoms with Crippen LogP contribution in [0.4, 0.5) is 8.78 Å². The topological polar surface area (TPSA) is 26.3 Å². The van der Waals surface area contributed by atoms with E-state index in [1.54, 1.807) is 20.8 Å². The van der Waals surface area contributed by atoms with Gasteiger partial charge in [-0.25, -0.2) is 8.78 Å². The van der Waals surface area contributed by atoms with Gasteiger partial charge in [-0.3, -0.25) is 4.79 Å². The van der Waals surface area contributed by atoms with Crippen LogP contribution in [0.2, 0.25) is 0 Å². The highest BCUT2D eigenvalue weighted by Crippen LogP contribution is 2.17. The zero-order valence-corrected chi connectivity index (χ0v) is 11.5. The van der Waals surface area contributed by atoms with Crippen LogP contribution in [0.5, 0.6) is 0 Å². The third kappa shape index (κ3) is 5.25. The van der Waals surface area contributed by atoms with E-state index in [-0.39, 0.29) is 12.2 Å². The molecule has 0 bridgehead atoms. The van der Waals surface area contributed by atoms with Crippen LogP contribution in [-0.2, 0) is 16.1 Å². The largest absolute Gasteiger partial charge is 0.460 e. The second-order valence-corrected chi connectivity index (χ2v) is 4.56. The molecular weight excluding hydrogens is 238 g/mol. The van der Waals surface area contributed by atoms with Crippen molar-refractivity contribution >= 4 is 5.97 Å². The molecular formula is C14H20F2O2. The van der Waals surface area contributed by atoms with Crippen LogP contribution < -0.4 is 0 Å². The molecule has 0 spiro atoms. The zero-order chi connectivity index (χ0) is 14.3. The van der Waals surface area contributed by atoms with Crippen molar-refractivity contribution in [2.24, 2.45) is 5.41 Å². The van der Waals surface area contributed by atoms with Crippen molar-refractivity contribution in [2.45, 2.75) is 41.2 Å². The Morgan fingerprint density at radius 2 is 1.78 bits per heavy atom. The van der Waals surface area contributed by atoms with Crippen LogP contribution in [0.15, 0.2) is 18.2 Å². The molecule has 18 heavy (non-hydrogen) atoms. The van der Waals surface area contributed by atoms with Gasteiger partial charge < -0.3 is 4.74 Å². The molecule has 0 aliphatic rings. The van der Waals surface area contributed by atoms with Crippen LogP contribution in [0.3, 0.4) is 0 Å². The lowest BCUT2D eigenvalue weighted by atomic mass is 9.97. The standard InChI is InChI=1S/C12H14F2O2.C2H6/c1-12(2,3)11(15)16-7-8-6-9(13)4-5-10(8)14;1-2/h4-6H,7H2,1-3H3;1-2H3. The number of ether oxygens (including phenoxy) is 1. The van der Waals surface area contributed by atoms with E-state index in [2.05, 4.69) is 0 Å². The molecule has 1 aromatic rings. The van der Waals surface area contributed by atoms with Crippen molar-refractivity contribution in [3.63, 3.8) is 0 Å². The quantitative estimate of drug-likeness (QED) is 0.747. The summed E-state index contributed by atoms with van der Waals surface area (Å²) in [6.45, 7) is 8.82. The van der Waals surface area contributed by atoms with E-state index >= 15 is 0 Å². The molecule has 0 fully saturated rings. The molecule has 1 rings (SSSR count). The molecule has 0 atom stereocenters. The van der Waals surface area contributed by atoms with Crippen molar-refractivity contribution in [3.8, 4) is 0 Å². The van der Waals surface area contributed by atoms with Gasteiger partial charge in [0.1, 0.15) is 18.2 Å². The minimum atomic E-state index is -0.649. The maximum atomic E-state index is 13.2. The maximum absolute atomic E-state index is 13.2. The molecule has 102 valence electrons. The third-order valence-electron chi connectivity index (χ3n) is 1.98. The highest BCUT2D eigenvalue weighted by Gasteiger charge is 2.23. The molecule has 0 aliphatic heterocycles. The number of carbonyl (C=O) groups excluding carboxylic acids is 1. The Balaban J connectivity index is 0.00000137. The number of halogens is 2. The fourth-order valence-electron chi connectivity index (χ4n) is 1.01. The van der Waals surface area contributed by atoms with Crippen molar-refractivity contribution < 1.29 is 18.3 Å². The summed E-state index contributed by atoms with van der Waals surface area (Å²) in [5.41, 5.74) is -0.610. The van der Waals surface area contributed by atoms with Gasteiger partial charge in [-0.2, -0.15) is 0 Å². The van der Waals surface area contributed by atoms with E-state index in [4.69, 9.17) is 4.74 Å². The Kier molecular flexibility index (Phi) is 6.52. The molecule has 0 aromatic heterocycles. The van der Waals surface area contributed by atoms with Gasteiger partial charge >= 0.3 is 5.97 Å². The molecule has 1 aromatic carbocycles. The average Bonchev–Trinajstić information content (AvgIpc) is 2.31. The van der Waals surface area contributed by atoms with Gasteiger partial charge in [-0.1, -0.05) is 13.8 Å². The van der Waals surface area contributed by atoms with Gasteiger partial charge in [0, 0.05) is 5.56 Å². The van der Waals surface area contributed by atoms with Gasteiger partial charge in [0.05, 0.1) is 5.41 Å². The molecule has 2 nitrogen and oxygen atoms in total. The fourth-order valence-corrected chi connectivity index (χ4v) is 1.01. The summed E-state index contributed by atoms with van der Waals surface area (Å²) in [5.74, 6) is -1.58. The van der Waals surface area contributed by atoms with E-state index in [0.29, 0.717) is 0 Å². The van der Waals surface area contributed by atoms with Gasteiger partial charge in [0.15, 0.2) is 0 Å². The number of benzene rings is 1. The zero-order valence-electron chi connectivity index (χ0n) is 11.5. The highest BCUT2D eigenvalue weighted by atomic mass is 19.1. The first-order valence-electron chi connectivity index (χ1n) is 5.92. The first kappa shape index (κ1) is 16.6. The van der Waals surface area contributed by atoms with E-state index < -0.39 is 23.0 Å². The van der Waals surface area contributed by atoms with Crippen LogP contribution in [0, 0.1) is 17.0 Å². The minimum absolute atomic E-state index is 0.0394. The predicted octanol–water partition coefficient (Wildman–Crippen LogP) is 4.08. The van der Waals surface area contributed by atoms with Crippen LogP contribution in [0.1, 0.15) is 40.2 Å². The lowest BCUT2D eigenvalue weighted by molar-refractivity contribution is -0.154. The lowest BCUT2D eigenvalue weighted by Crippen LogP contribution is -2.22. The summed E-state index contributed by atoms with van der Waals surface area (Å²) in [6, 6.07) is 3.05. The van der Waals surface area contributed by atoms with E-state index in [0.717, 1.165) is 18.2 Å². The third-order valence-corrected chi connectivity index (χ3v) is 1.98. The Morgan fingerprint density at radius 1 is 1.22 bits per heavy atom. The Hall–Kier alpha value is -1.45. The molecule has 0 saturated carbocycles. The summed E-state index contributed by atoms with van der Waals surface area (Å²) in [4.78, 5) is 11.4. The lowest BCUT2D eigenvalue weighted by Gasteiger charge is -2.16. The number of esters is 1. The van der Waals surface area contributed by atoms with E-state index in [1.165, 1.54) is 0 Å². The number of hydrogen-bond donors (Lipinski definition) is 0. The second-order valence-electron chi connectivity index (χ2n) is 4.56. The van der Waals surface area contributed by atoms with Crippen molar-refractivity contribution in [1.82, 2.24) is 0 Å². The van der Waals surface area contributed by atoms with Crippen LogP contribution in [0.25, 0.3) is 0 Å². The first-order chi connectivity index (χ1) is 8.30. The molecule has 0 unspecified atom stereocenters. The molecule has 0 aliphatic carbocycles. The SMILES string of the molecule is CC.CC(C)(C)C(=O)OCc1cc(F)ccc1F. The van der Waals surface area contributed by atoms with Crippen LogP contribution in [-0.4, -0.2) is 5.97 Å². The van der Waals surface area contributed by atoms with Crippen molar-refractivity contribution in [2.75, 3.05) is 0 Å². The normalized spacial score (nSPS) is 10.4. The molecule has 0 amide bonds. The fraction of sp³-hybridized carbons (Fsp3) is 0.500. The number of hydrogen-bond acceptors (Lipinski definition) is 2. The summed E-state index contributed by atoms with van der Waals surface area (Å²) in [7, 11) is 0. The average molecular weight is 258 g/mol. The maximum Gasteiger partial charge on any atom is 0.311 e. The molecule has 0 N–H and O–H groups in total. The monoisotopic (exact) mass is 258 g/mol. The number of rotatable bonds is 2. The Morgan fingerprint density at radius 3 is 2.28 bits per heavy atom. The van der Waals surface area contributed by atoms with Crippen molar-refractivity contribution in [3.05, 3.63) is 35.4 Å². The van der Waals surface area contributed by atoms with E-state index in [1.807, 2.05) is 13.8 Å². The minimum Gasteiger partial charge on any atom is -0.460 e. The van der Waals surface area contributed by atoms with E-state index in [9.17, 15) is 13.6 Å². The molecule has 4 heteroatoms. The van der Waals surface area contributed by atoms with Gasteiger partial charge in [0.2, 0.25) is 0 Å². The molecule has 0 radical (unpaired) electrons.